The van der Waals surface area contributed by atoms with Gasteiger partial charge in [-0.3, -0.25) is 0 Å². The first-order valence-electron chi connectivity index (χ1n) is 4.71. The van der Waals surface area contributed by atoms with Crippen molar-refractivity contribution in [1.82, 2.24) is 0 Å². The zero-order chi connectivity index (χ0) is 12.1. The summed E-state index contributed by atoms with van der Waals surface area (Å²) in [6, 6.07) is 5.54. The SMILES string of the molecule is CC(C/C(N)=N/O)Nc1ccc(Cl)cc1Br. The van der Waals surface area contributed by atoms with Crippen LogP contribution in [0, 0.1) is 0 Å². The van der Waals surface area contributed by atoms with E-state index in [2.05, 4.69) is 26.4 Å². The van der Waals surface area contributed by atoms with Gasteiger partial charge >= 0.3 is 0 Å². The van der Waals surface area contributed by atoms with Crippen molar-refractivity contribution in [1.29, 1.82) is 0 Å². The molecule has 0 amide bonds. The summed E-state index contributed by atoms with van der Waals surface area (Å²) in [7, 11) is 0. The fourth-order valence-electron chi connectivity index (χ4n) is 1.28. The molecular formula is C10H13BrClN3O. The average Bonchev–Trinajstić information content (AvgIpc) is 2.22. The van der Waals surface area contributed by atoms with E-state index >= 15 is 0 Å². The van der Waals surface area contributed by atoms with Crippen LogP contribution >= 0.6 is 27.5 Å². The summed E-state index contributed by atoms with van der Waals surface area (Å²) in [4.78, 5) is 0. The maximum atomic E-state index is 8.45. The highest BCUT2D eigenvalue weighted by Gasteiger charge is 2.07. The van der Waals surface area contributed by atoms with Gasteiger partial charge in [0.05, 0.1) is 0 Å². The van der Waals surface area contributed by atoms with Crippen molar-refractivity contribution < 1.29 is 5.21 Å². The zero-order valence-corrected chi connectivity index (χ0v) is 11.1. The van der Waals surface area contributed by atoms with Gasteiger partial charge in [0, 0.05) is 27.6 Å². The maximum absolute atomic E-state index is 8.45. The molecule has 0 aliphatic heterocycles. The van der Waals surface area contributed by atoms with E-state index in [0.717, 1.165) is 10.2 Å². The quantitative estimate of drug-likeness (QED) is 0.346. The van der Waals surface area contributed by atoms with Crippen LogP contribution in [0.15, 0.2) is 27.8 Å². The fraction of sp³-hybridized carbons (Fsp3) is 0.300. The smallest absolute Gasteiger partial charge is 0.141 e. The molecule has 0 spiro atoms. The number of nitrogens with two attached hydrogens (primary N) is 1. The third kappa shape index (κ3) is 3.90. The van der Waals surface area contributed by atoms with Gasteiger partial charge in [0.25, 0.3) is 0 Å². The molecule has 1 rings (SSSR count). The molecule has 0 aliphatic carbocycles. The number of amidine groups is 1. The number of halogens is 2. The van der Waals surface area contributed by atoms with Crippen molar-refractivity contribution in [3.05, 3.63) is 27.7 Å². The third-order valence-electron chi connectivity index (χ3n) is 1.98. The second kappa shape index (κ2) is 5.96. The van der Waals surface area contributed by atoms with Crippen LogP contribution in [0.1, 0.15) is 13.3 Å². The summed E-state index contributed by atoms with van der Waals surface area (Å²) in [6.07, 6.45) is 0.464. The summed E-state index contributed by atoms with van der Waals surface area (Å²) in [5, 5.41) is 15.3. The molecule has 4 nitrogen and oxygen atoms in total. The fourth-order valence-corrected chi connectivity index (χ4v) is 2.07. The molecule has 0 saturated carbocycles. The van der Waals surface area contributed by atoms with Gasteiger partial charge < -0.3 is 16.3 Å². The molecule has 0 saturated heterocycles. The third-order valence-corrected chi connectivity index (χ3v) is 2.87. The predicted octanol–water partition coefficient (Wildman–Crippen LogP) is 3.04. The van der Waals surface area contributed by atoms with E-state index in [9.17, 15) is 0 Å². The Bertz CT molecular complexity index is 398. The highest BCUT2D eigenvalue weighted by atomic mass is 79.9. The summed E-state index contributed by atoms with van der Waals surface area (Å²) < 4.78 is 0.881. The van der Waals surface area contributed by atoms with Crippen molar-refractivity contribution >= 4 is 39.1 Å². The second-order valence-electron chi connectivity index (χ2n) is 3.47. The first kappa shape index (κ1) is 13.1. The van der Waals surface area contributed by atoms with Crippen LogP contribution in [0.3, 0.4) is 0 Å². The van der Waals surface area contributed by atoms with E-state index < -0.39 is 0 Å². The Balaban J connectivity index is 2.66. The van der Waals surface area contributed by atoms with Crippen molar-refractivity contribution in [2.75, 3.05) is 5.32 Å². The second-order valence-corrected chi connectivity index (χ2v) is 4.76. The van der Waals surface area contributed by atoms with E-state index in [1.807, 2.05) is 13.0 Å². The predicted molar refractivity (Wildman–Crippen MR) is 70.3 cm³/mol. The monoisotopic (exact) mass is 305 g/mol. The van der Waals surface area contributed by atoms with E-state index in [0.29, 0.717) is 11.4 Å². The van der Waals surface area contributed by atoms with Gasteiger partial charge in [-0.1, -0.05) is 16.8 Å². The minimum atomic E-state index is 0.0633. The molecule has 0 aromatic heterocycles. The summed E-state index contributed by atoms with van der Waals surface area (Å²) in [5.41, 5.74) is 6.34. The van der Waals surface area contributed by atoms with E-state index in [1.165, 1.54) is 0 Å². The van der Waals surface area contributed by atoms with Gasteiger partial charge in [-0.05, 0) is 41.1 Å². The molecule has 0 fully saturated rings. The molecule has 0 radical (unpaired) electrons. The number of hydrogen-bond acceptors (Lipinski definition) is 3. The van der Waals surface area contributed by atoms with Crippen LogP contribution in [0.4, 0.5) is 5.69 Å². The number of nitrogens with zero attached hydrogens (tertiary/aromatic N) is 1. The Hall–Kier alpha value is -0.940. The minimum Gasteiger partial charge on any atom is -0.409 e. The highest BCUT2D eigenvalue weighted by Crippen LogP contribution is 2.26. The number of anilines is 1. The van der Waals surface area contributed by atoms with Crippen LogP contribution in [0.5, 0.6) is 0 Å². The summed E-state index contributed by atoms with van der Waals surface area (Å²) >= 11 is 9.23. The summed E-state index contributed by atoms with van der Waals surface area (Å²) in [5.74, 6) is 0.199. The average molecular weight is 307 g/mol. The normalized spacial score (nSPS) is 13.6. The molecular weight excluding hydrogens is 293 g/mol. The topological polar surface area (TPSA) is 70.6 Å². The number of rotatable bonds is 4. The largest absolute Gasteiger partial charge is 0.409 e. The van der Waals surface area contributed by atoms with Crippen LogP contribution < -0.4 is 11.1 Å². The Morgan fingerprint density at radius 2 is 2.38 bits per heavy atom. The summed E-state index contributed by atoms with van der Waals surface area (Å²) in [6.45, 7) is 1.94. The van der Waals surface area contributed by atoms with Crippen LogP contribution in [0.2, 0.25) is 5.02 Å². The Morgan fingerprint density at radius 3 is 2.94 bits per heavy atom. The molecule has 0 heterocycles. The van der Waals surface area contributed by atoms with Crippen molar-refractivity contribution in [3.63, 3.8) is 0 Å². The molecule has 16 heavy (non-hydrogen) atoms. The molecule has 88 valence electrons. The van der Waals surface area contributed by atoms with E-state index in [1.54, 1.807) is 12.1 Å². The molecule has 0 aliphatic rings. The zero-order valence-electron chi connectivity index (χ0n) is 8.74. The standard InChI is InChI=1S/C10H13BrClN3O/c1-6(4-10(13)15-16)14-9-3-2-7(12)5-8(9)11/h2-3,5-6,14,16H,4H2,1H3,(H2,13,15). The maximum Gasteiger partial charge on any atom is 0.141 e. The van der Waals surface area contributed by atoms with Crippen LogP contribution in [-0.2, 0) is 0 Å². The molecule has 1 aromatic carbocycles. The van der Waals surface area contributed by atoms with Crippen LogP contribution in [0.25, 0.3) is 0 Å². The lowest BCUT2D eigenvalue weighted by Gasteiger charge is -2.15. The molecule has 1 unspecified atom stereocenters. The van der Waals surface area contributed by atoms with Crippen molar-refractivity contribution in [2.45, 2.75) is 19.4 Å². The van der Waals surface area contributed by atoms with Gasteiger partial charge in [-0.2, -0.15) is 0 Å². The number of oxime groups is 1. The van der Waals surface area contributed by atoms with E-state index in [4.69, 9.17) is 22.5 Å². The molecule has 0 bridgehead atoms. The molecule has 6 heteroatoms. The number of benzene rings is 1. The lowest BCUT2D eigenvalue weighted by molar-refractivity contribution is 0.316. The first-order valence-corrected chi connectivity index (χ1v) is 5.88. The van der Waals surface area contributed by atoms with Gasteiger partial charge in [0.15, 0.2) is 0 Å². The first-order chi connectivity index (χ1) is 7.52. The highest BCUT2D eigenvalue weighted by molar-refractivity contribution is 9.10. The van der Waals surface area contributed by atoms with Crippen molar-refractivity contribution in [3.8, 4) is 0 Å². The van der Waals surface area contributed by atoms with Gasteiger partial charge in [-0.25, -0.2) is 0 Å². The van der Waals surface area contributed by atoms with Crippen LogP contribution in [-0.4, -0.2) is 17.1 Å². The van der Waals surface area contributed by atoms with Gasteiger partial charge in [0.1, 0.15) is 5.84 Å². The van der Waals surface area contributed by atoms with Gasteiger partial charge in [0.2, 0.25) is 0 Å². The molecule has 1 atom stereocenters. The Kier molecular flexibility index (Phi) is 4.89. The van der Waals surface area contributed by atoms with Crippen molar-refractivity contribution in [2.24, 2.45) is 10.9 Å². The minimum absolute atomic E-state index is 0.0633. The number of nitrogens with one attached hydrogen (secondary N) is 1. The Labute approximate surface area is 108 Å². The lowest BCUT2D eigenvalue weighted by atomic mass is 10.2. The van der Waals surface area contributed by atoms with E-state index in [-0.39, 0.29) is 11.9 Å². The number of hydrogen-bond donors (Lipinski definition) is 3. The Morgan fingerprint density at radius 1 is 1.69 bits per heavy atom. The lowest BCUT2D eigenvalue weighted by Crippen LogP contribution is -2.24. The molecule has 1 aromatic rings. The molecule has 4 N–H and O–H groups in total. The van der Waals surface area contributed by atoms with Gasteiger partial charge in [-0.15, -0.1) is 0 Å².